The second-order valence-corrected chi connectivity index (χ2v) is 5.73. The molecule has 2 N–H and O–H groups in total. The number of phenolic OH excluding ortho intramolecular Hbond substituents is 1. The molecule has 1 aliphatic carbocycles. The molecule has 1 fully saturated rings. The second kappa shape index (κ2) is 6.06. The van der Waals surface area contributed by atoms with Gasteiger partial charge in [-0.25, -0.2) is 4.79 Å². The minimum Gasteiger partial charge on any atom is -0.507 e. The SMILES string of the molecule is Cc1ccc(O)c(C(=O)OCC(=O)N[C@@](C)(C#N)C2CC2)c1. The minimum absolute atomic E-state index is 0.0121. The summed E-state index contributed by atoms with van der Waals surface area (Å²) in [5.41, 5.74) is -0.118. The number of benzene rings is 1. The van der Waals surface area contributed by atoms with Crippen LogP contribution in [0.1, 0.15) is 35.7 Å². The predicted molar refractivity (Wildman–Crippen MR) is 78.0 cm³/mol. The van der Waals surface area contributed by atoms with Crippen molar-refractivity contribution in [3.63, 3.8) is 0 Å². The monoisotopic (exact) mass is 302 g/mol. The van der Waals surface area contributed by atoms with Gasteiger partial charge in [-0.05, 0) is 44.7 Å². The van der Waals surface area contributed by atoms with Crippen LogP contribution in [-0.4, -0.2) is 29.1 Å². The number of hydrogen-bond acceptors (Lipinski definition) is 5. The van der Waals surface area contributed by atoms with Gasteiger partial charge >= 0.3 is 5.97 Å². The lowest BCUT2D eigenvalue weighted by atomic mass is 9.98. The fourth-order valence-electron chi connectivity index (χ4n) is 2.23. The Bertz CT molecular complexity index is 646. The summed E-state index contributed by atoms with van der Waals surface area (Å²) in [5.74, 6) is -1.35. The zero-order valence-electron chi connectivity index (χ0n) is 12.5. The van der Waals surface area contributed by atoms with Gasteiger partial charge in [0.15, 0.2) is 6.61 Å². The van der Waals surface area contributed by atoms with Gasteiger partial charge in [0.25, 0.3) is 5.91 Å². The van der Waals surface area contributed by atoms with Crippen LogP contribution >= 0.6 is 0 Å². The first kappa shape index (κ1) is 15.8. The van der Waals surface area contributed by atoms with E-state index in [-0.39, 0.29) is 17.2 Å². The van der Waals surface area contributed by atoms with Gasteiger partial charge < -0.3 is 15.2 Å². The maximum absolute atomic E-state index is 11.9. The molecule has 1 aromatic carbocycles. The molecule has 0 bridgehead atoms. The Morgan fingerprint density at radius 3 is 2.77 bits per heavy atom. The number of rotatable bonds is 5. The highest BCUT2D eigenvalue weighted by Crippen LogP contribution is 2.39. The number of carbonyl (C=O) groups excluding carboxylic acids is 2. The van der Waals surface area contributed by atoms with Crippen molar-refractivity contribution in [1.82, 2.24) is 5.32 Å². The summed E-state index contributed by atoms with van der Waals surface area (Å²) in [6.45, 7) is 2.95. The van der Waals surface area contributed by atoms with E-state index in [2.05, 4.69) is 11.4 Å². The molecule has 6 nitrogen and oxygen atoms in total. The number of aromatic hydroxyl groups is 1. The average molecular weight is 302 g/mol. The molecular weight excluding hydrogens is 284 g/mol. The number of ether oxygens (including phenoxy) is 1. The normalized spacial score (nSPS) is 16.2. The van der Waals surface area contributed by atoms with Gasteiger partial charge in [-0.1, -0.05) is 11.6 Å². The molecule has 2 rings (SSSR count). The number of carbonyl (C=O) groups is 2. The largest absolute Gasteiger partial charge is 0.507 e. The number of nitrogens with zero attached hydrogens (tertiary/aromatic N) is 1. The van der Waals surface area contributed by atoms with Crippen molar-refractivity contribution >= 4 is 11.9 Å². The predicted octanol–water partition coefficient (Wildman–Crippen LogP) is 1.67. The highest BCUT2D eigenvalue weighted by atomic mass is 16.5. The summed E-state index contributed by atoms with van der Waals surface area (Å²) in [4.78, 5) is 23.7. The summed E-state index contributed by atoms with van der Waals surface area (Å²) in [7, 11) is 0. The van der Waals surface area contributed by atoms with E-state index in [9.17, 15) is 14.7 Å². The third kappa shape index (κ3) is 3.55. The number of nitrogens with one attached hydrogen (secondary N) is 1. The van der Waals surface area contributed by atoms with Crippen LogP contribution in [0.3, 0.4) is 0 Å². The molecule has 1 atom stereocenters. The van der Waals surface area contributed by atoms with E-state index in [4.69, 9.17) is 10.00 Å². The van der Waals surface area contributed by atoms with E-state index in [0.29, 0.717) is 0 Å². The first-order valence-electron chi connectivity index (χ1n) is 7.05. The van der Waals surface area contributed by atoms with Gasteiger partial charge in [0.2, 0.25) is 0 Å². The number of esters is 1. The Balaban J connectivity index is 1.92. The van der Waals surface area contributed by atoms with Crippen LogP contribution in [0.25, 0.3) is 0 Å². The summed E-state index contributed by atoms with van der Waals surface area (Å²) < 4.78 is 4.90. The van der Waals surface area contributed by atoms with E-state index in [1.807, 2.05) is 0 Å². The van der Waals surface area contributed by atoms with E-state index in [1.165, 1.54) is 12.1 Å². The maximum Gasteiger partial charge on any atom is 0.342 e. The minimum atomic E-state index is -0.922. The van der Waals surface area contributed by atoms with Crippen LogP contribution in [0.5, 0.6) is 5.75 Å². The van der Waals surface area contributed by atoms with Crippen molar-refractivity contribution in [2.75, 3.05) is 6.61 Å². The number of hydrogen-bond donors (Lipinski definition) is 2. The van der Waals surface area contributed by atoms with Gasteiger partial charge in [-0.3, -0.25) is 4.79 Å². The molecule has 1 aliphatic rings. The fraction of sp³-hybridized carbons (Fsp3) is 0.438. The number of aryl methyl sites for hydroxylation is 1. The lowest BCUT2D eigenvalue weighted by Gasteiger charge is -2.22. The zero-order valence-corrected chi connectivity index (χ0v) is 12.5. The Morgan fingerprint density at radius 1 is 1.50 bits per heavy atom. The molecule has 0 radical (unpaired) electrons. The van der Waals surface area contributed by atoms with Gasteiger partial charge in [0, 0.05) is 0 Å². The summed E-state index contributed by atoms with van der Waals surface area (Å²) in [6, 6.07) is 6.63. The summed E-state index contributed by atoms with van der Waals surface area (Å²) in [6.07, 6.45) is 1.81. The molecule has 116 valence electrons. The van der Waals surface area contributed by atoms with E-state index < -0.39 is 24.0 Å². The van der Waals surface area contributed by atoms with E-state index >= 15 is 0 Å². The Morgan fingerprint density at radius 2 is 2.18 bits per heavy atom. The molecule has 1 amide bonds. The average Bonchev–Trinajstić information content (AvgIpc) is 3.32. The lowest BCUT2D eigenvalue weighted by Crippen LogP contribution is -2.48. The van der Waals surface area contributed by atoms with Crippen LogP contribution in [0, 0.1) is 24.2 Å². The second-order valence-electron chi connectivity index (χ2n) is 5.73. The van der Waals surface area contributed by atoms with Crippen molar-refractivity contribution < 1.29 is 19.4 Å². The van der Waals surface area contributed by atoms with Crippen molar-refractivity contribution in [2.45, 2.75) is 32.2 Å². The first-order valence-corrected chi connectivity index (χ1v) is 7.05. The van der Waals surface area contributed by atoms with Crippen molar-refractivity contribution in [3.8, 4) is 11.8 Å². The van der Waals surface area contributed by atoms with Crippen molar-refractivity contribution in [2.24, 2.45) is 5.92 Å². The van der Waals surface area contributed by atoms with Crippen molar-refractivity contribution in [1.29, 1.82) is 5.26 Å². The van der Waals surface area contributed by atoms with Crippen molar-refractivity contribution in [3.05, 3.63) is 29.3 Å². The van der Waals surface area contributed by atoms with Gasteiger partial charge in [-0.15, -0.1) is 0 Å². The Hall–Kier alpha value is -2.55. The fourth-order valence-corrected chi connectivity index (χ4v) is 2.23. The van der Waals surface area contributed by atoms with Gasteiger partial charge in [0.1, 0.15) is 16.9 Å². The molecule has 0 aromatic heterocycles. The van der Waals surface area contributed by atoms with E-state index in [0.717, 1.165) is 18.4 Å². The third-order valence-corrected chi connectivity index (χ3v) is 3.73. The molecule has 22 heavy (non-hydrogen) atoms. The van der Waals surface area contributed by atoms with Crippen LogP contribution in [0.4, 0.5) is 0 Å². The Labute approximate surface area is 128 Å². The van der Waals surface area contributed by atoms with Crippen LogP contribution in [0.2, 0.25) is 0 Å². The molecule has 0 heterocycles. The molecule has 0 saturated heterocycles. The van der Waals surface area contributed by atoms with Crippen LogP contribution in [-0.2, 0) is 9.53 Å². The van der Waals surface area contributed by atoms with Gasteiger partial charge in [-0.2, -0.15) is 5.26 Å². The summed E-state index contributed by atoms with van der Waals surface area (Å²) in [5, 5.41) is 21.4. The summed E-state index contributed by atoms with van der Waals surface area (Å²) >= 11 is 0. The third-order valence-electron chi connectivity index (χ3n) is 3.73. The molecule has 0 aliphatic heterocycles. The highest BCUT2D eigenvalue weighted by molar-refractivity contribution is 5.94. The number of phenols is 1. The van der Waals surface area contributed by atoms with Crippen LogP contribution < -0.4 is 5.32 Å². The first-order chi connectivity index (χ1) is 10.4. The van der Waals surface area contributed by atoms with E-state index in [1.54, 1.807) is 19.9 Å². The molecule has 1 aromatic rings. The molecule has 6 heteroatoms. The number of nitriles is 1. The highest BCUT2D eigenvalue weighted by Gasteiger charge is 2.43. The van der Waals surface area contributed by atoms with Gasteiger partial charge in [0.05, 0.1) is 6.07 Å². The number of amides is 1. The quantitative estimate of drug-likeness (QED) is 0.806. The smallest absolute Gasteiger partial charge is 0.342 e. The molecule has 0 spiro atoms. The molecular formula is C16H18N2O4. The Kier molecular flexibility index (Phi) is 4.36. The molecule has 1 saturated carbocycles. The topological polar surface area (TPSA) is 99.4 Å². The standard InChI is InChI=1S/C16H18N2O4/c1-10-3-6-13(19)12(7-10)15(21)22-8-14(20)18-16(2,9-17)11-4-5-11/h3,6-7,11,19H,4-5,8H2,1-2H3,(H,18,20)/t16-/m0/s1. The maximum atomic E-state index is 11.9. The van der Waals surface area contributed by atoms with Crippen LogP contribution in [0.15, 0.2) is 18.2 Å². The zero-order chi connectivity index (χ0) is 16.3. The molecule has 0 unspecified atom stereocenters. The lowest BCUT2D eigenvalue weighted by molar-refractivity contribution is -0.125.